The Morgan fingerprint density at radius 2 is 1.43 bits per heavy atom. The van der Waals surface area contributed by atoms with Crippen LogP contribution in [0.2, 0.25) is 0 Å². The highest BCUT2D eigenvalue weighted by Gasteiger charge is 2.65. The third-order valence-electron chi connectivity index (χ3n) is 20.3. The number of fused-ring (bicyclic) bond motifs is 10. The number of aliphatic hydroxyl groups excluding tert-OH is 2. The van der Waals surface area contributed by atoms with Crippen molar-refractivity contribution in [2.45, 2.75) is 183 Å². The molecule has 1 aromatic heterocycles. The van der Waals surface area contributed by atoms with Gasteiger partial charge in [-0.25, -0.2) is 9.55 Å². The predicted octanol–water partition coefficient (Wildman–Crippen LogP) is 3.08. The van der Waals surface area contributed by atoms with E-state index in [0.29, 0.717) is 62.7 Å². The number of carbonyl (C=O) groups is 7. The summed E-state index contributed by atoms with van der Waals surface area (Å²) >= 11 is 0. The molecular weight excluding hydrogens is 1180 g/mol. The molecule has 8 rings (SSSR count). The number of aromatic nitrogens is 2. The number of phosphoric acid groups is 1. The molecule has 7 heterocycles. The van der Waals surface area contributed by atoms with Crippen LogP contribution in [0, 0.1) is 47.3 Å². The smallest absolute Gasteiger partial charge is 0.473 e. The number of benzene rings is 1. The third-order valence-corrected chi connectivity index (χ3v) is 21.5. The summed E-state index contributed by atoms with van der Waals surface area (Å²) < 4.78 is 32.0. The number of phosphoric ester groups is 1. The molecule has 2 fully saturated rings. The Kier molecular flexibility index (Phi) is 19.1. The Morgan fingerprint density at radius 3 is 2.03 bits per heavy atom. The van der Waals surface area contributed by atoms with Gasteiger partial charge in [0.1, 0.15) is 6.33 Å². The number of carbonyl (C=O) groups excluding carboxylic acids is 7. The van der Waals surface area contributed by atoms with Gasteiger partial charge < -0.3 is 80.8 Å². The highest BCUT2D eigenvalue weighted by Crippen LogP contribution is 2.62. The molecule has 1 unspecified atom stereocenters. The van der Waals surface area contributed by atoms with E-state index in [9.17, 15) is 53.2 Å². The van der Waals surface area contributed by atoms with Crippen molar-refractivity contribution in [2.24, 2.45) is 67.9 Å². The molecule has 27 nitrogen and oxygen atoms in total. The summed E-state index contributed by atoms with van der Waals surface area (Å²) in [7, 11) is -5.09. The van der Waals surface area contributed by atoms with Gasteiger partial charge in [-0.15, -0.1) is 0 Å². The summed E-state index contributed by atoms with van der Waals surface area (Å²) in [5.41, 5.74) is 38.9. The maximum atomic E-state index is 14.4. The van der Waals surface area contributed by atoms with E-state index in [2.05, 4.69) is 31.6 Å². The van der Waals surface area contributed by atoms with Crippen LogP contribution in [0.15, 0.2) is 81.1 Å². The van der Waals surface area contributed by atoms with Gasteiger partial charge in [0.15, 0.2) is 18.0 Å². The van der Waals surface area contributed by atoms with E-state index in [4.69, 9.17) is 48.2 Å². The average Bonchev–Trinajstić information content (AvgIpc) is 1.53. The van der Waals surface area contributed by atoms with E-state index in [0.717, 1.165) is 16.7 Å². The zero-order valence-electron chi connectivity index (χ0n) is 53.2. The molecule has 0 aliphatic carbocycles. The van der Waals surface area contributed by atoms with Crippen molar-refractivity contribution in [3.8, 4) is 0 Å². The molecule has 8 bridgehead atoms. The van der Waals surface area contributed by atoms with Gasteiger partial charge in [-0.05, 0) is 132 Å². The highest BCUT2D eigenvalue weighted by molar-refractivity contribution is 7.47. The number of rotatable bonds is 26. The first-order valence-electron chi connectivity index (χ1n) is 30.4. The maximum absolute atomic E-state index is 14.4. The van der Waals surface area contributed by atoms with Crippen molar-refractivity contribution in [3.63, 3.8) is 0 Å². The summed E-state index contributed by atoms with van der Waals surface area (Å²) in [5, 5.41) is 39.6. The van der Waals surface area contributed by atoms with E-state index in [1.165, 1.54) is 17.8 Å². The number of aryl methyl sites for hydroxylation is 2. The minimum Gasteiger partial charge on any atom is -0.505 e. The van der Waals surface area contributed by atoms with Gasteiger partial charge in [-0.2, -0.15) is 0 Å². The number of nitrogens with one attached hydrogen (secondary N) is 5. The molecule has 6 aliphatic rings. The minimum atomic E-state index is -5.09. The largest absolute Gasteiger partial charge is 0.505 e. The van der Waals surface area contributed by atoms with Crippen LogP contribution in [0.25, 0.3) is 16.9 Å². The molecule has 6 aliphatic heterocycles. The van der Waals surface area contributed by atoms with Gasteiger partial charge >= 0.3 is 7.82 Å². The van der Waals surface area contributed by atoms with Crippen molar-refractivity contribution < 1.29 is 67.0 Å². The first-order valence-corrected chi connectivity index (χ1v) is 31.9. The van der Waals surface area contributed by atoms with Crippen LogP contribution in [0.3, 0.4) is 0 Å². The number of hydrogen-bond donors (Lipinski definition) is 14. The molecule has 2 saturated heterocycles. The summed E-state index contributed by atoms with van der Waals surface area (Å²) in [6.45, 7) is 19.6. The number of nitrogens with zero attached hydrogens (tertiary/aromatic N) is 2. The molecule has 90 heavy (non-hydrogen) atoms. The molecule has 28 heteroatoms. The summed E-state index contributed by atoms with van der Waals surface area (Å²) in [6.07, 6.45) is -1.55. The van der Waals surface area contributed by atoms with Crippen LogP contribution in [0.4, 0.5) is 0 Å². The SMILES string of the molecule is C/C1=C2/NC(=C(CCC(N)=O)[C@]2(C)CC(N)=O)/C=C2\N[C@H](/C(C)=C3\N[C@H]([C@H](CC(N)=O)[C@@]3(C)CCC(=O)NC[C@@H](C)OP(=O)(O)O[C@H]3C(O)=C(n4cnc5cc(C)c(C)cc54)O[C@@H]3CO)[C@]3(C)NC1=C(CCC(N)=O)[C@]3(C)CC(N)=O)[C@@H](CCC(N)=O)C2(C)C. The fourth-order valence-electron chi connectivity index (χ4n) is 15.2. The number of nitrogens with two attached hydrogens (primary N) is 6. The Hall–Kier alpha value is -7.71. The van der Waals surface area contributed by atoms with Gasteiger partial charge in [-0.1, -0.05) is 27.7 Å². The van der Waals surface area contributed by atoms with Crippen molar-refractivity contribution in [2.75, 3.05) is 13.2 Å². The van der Waals surface area contributed by atoms with Crippen molar-refractivity contribution in [1.82, 2.24) is 36.1 Å². The summed E-state index contributed by atoms with van der Waals surface area (Å²) in [6, 6.07) is 2.25. The topological polar surface area (TPSA) is 459 Å². The number of amides is 7. The second-order valence-corrected chi connectivity index (χ2v) is 28.1. The fraction of sp³-hybridized carbons (Fsp3) is 0.581. The summed E-state index contributed by atoms with van der Waals surface area (Å²) in [4.78, 5) is 109. The van der Waals surface area contributed by atoms with E-state index in [1.54, 1.807) is 0 Å². The van der Waals surface area contributed by atoms with Crippen molar-refractivity contribution >= 4 is 66.1 Å². The molecule has 492 valence electrons. The number of aliphatic hydroxyl groups is 2. The number of allylic oxidation sites excluding steroid dienone is 5. The molecule has 0 spiro atoms. The quantitative estimate of drug-likeness (QED) is 0.0602. The van der Waals surface area contributed by atoms with Gasteiger partial charge in [0.2, 0.25) is 47.2 Å². The lowest BCUT2D eigenvalue weighted by atomic mass is 9.58. The molecule has 0 saturated carbocycles. The first kappa shape index (κ1) is 68.2. The van der Waals surface area contributed by atoms with Crippen molar-refractivity contribution in [1.29, 1.82) is 0 Å². The molecule has 0 radical (unpaired) electrons. The fourth-order valence-corrected chi connectivity index (χ4v) is 16.3. The molecule has 20 N–H and O–H groups in total. The second-order valence-electron chi connectivity index (χ2n) is 26.8. The predicted molar refractivity (Wildman–Crippen MR) is 332 cm³/mol. The van der Waals surface area contributed by atoms with Crippen LogP contribution < -0.4 is 61.0 Å². The van der Waals surface area contributed by atoms with Gasteiger partial charge in [0, 0.05) is 108 Å². The van der Waals surface area contributed by atoms with Gasteiger partial charge in [0.25, 0.3) is 0 Å². The van der Waals surface area contributed by atoms with Gasteiger partial charge in [-0.3, -0.25) is 47.2 Å². The average molecular weight is 1270 g/mol. The van der Waals surface area contributed by atoms with Crippen LogP contribution >= 0.6 is 7.82 Å². The number of imidazole rings is 1. The Labute approximate surface area is 523 Å². The number of hydrogen-bond acceptors (Lipinski definition) is 18. The van der Waals surface area contributed by atoms with E-state index < -0.39 is 125 Å². The van der Waals surface area contributed by atoms with Crippen LogP contribution in [-0.4, -0.2) is 115 Å². The molecule has 12 atom stereocenters. The van der Waals surface area contributed by atoms with E-state index in [1.807, 2.05) is 87.4 Å². The summed E-state index contributed by atoms with van der Waals surface area (Å²) in [5.74, 6) is -6.23. The molecule has 1 aromatic carbocycles. The Bertz CT molecular complexity index is 3590. The van der Waals surface area contributed by atoms with E-state index >= 15 is 0 Å². The van der Waals surface area contributed by atoms with Crippen LogP contribution in [-0.2, 0) is 51.9 Å². The number of ether oxygens (including phenoxy) is 1. The highest BCUT2D eigenvalue weighted by atomic mass is 31.2. The Balaban J connectivity index is 1.20. The van der Waals surface area contributed by atoms with Crippen molar-refractivity contribution in [3.05, 3.63) is 92.2 Å². The van der Waals surface area contributed by atoms with Gasteiger partial charge in [0.05, 0.1) is 41.4 Å². The maximum Gasteiger partial charge on any atom is 0.473 e. The molecule has 2 aromatic rings. The monoisotopic (exact) mass is 1270 g/mol. The molecule has 7 amide bonds. The van der Waals surface area contributed by atoms with Crippen LogP contribution in [0.5, 0.6) is 0 Å². The second kappa shape index (κ2) is 25.2. The lowest BCUT2D eigenvalue weighted by Gasteiger charge is -2.49. The normalized spacial score (nSPS) is 31.7. The first-order chi connectivity index (χ1) is 41.8. The molecular formula is C62H90N13O14P. The third kappa shape index (κ3) is 12.7. The minimum absolute atomic E-state index is 0.00556. The zero-order valence-corrected chi connectivity index (χ0v) is 54.1. The van der Waals surface area contributed by atoms with E-state index in [-0.39, 0.29) is 82.6 Å². The lowest BCUT2D eigenvalue weighted by Crippen LogP contribution is -2.64. The standard InChI is InChI=1S/C62H90N13O14P/c1-29-20-39-40(21-30(29)2)75(28-70-39)57-52(84)53(41(27-76)87-57)89-90(85,86)88-31(3)26-69-49(83)18-19-59(8)37(22-46(66)80)56-62(11)61(10,25-48(68)82)36(14-17-45(65)79)51(74-62)33(5)55-60(9,24-47(67)81)34(12-15-43(63)77)38(71-55)23-42-58(6,7)35(13-16-44(64)78)50(72-42)32(4)54(59)73-56/h20-21,23,28,31,35,37,41,50,53,56,71-74,76,84H,12-19,22,24-27H2,1-11H3,(H2,63,77)(H2,64,78)(H2,65,79)(H2,66,80)(H2,67,81)(H2,68,82)(H,69,83)(H,85,86)/b42-23-,54-32-,55-33-/t31-,35-,37+,41-,50-,53-,56-,59-,60+,61+,62+/m1/s1. The zero-order chi connectivity index (χ0) is 66.7. The Morgan fingerprint density at radius 1 is 0.811 bits per heavy atom. The lowest BCUT2D eigenvalue weighted by molar-refractivity contribution is -0.123. The number of primary amides is 6. The van der Waals surface area contributed by atoms with Crippen LogP contribution in [0.1, 0.15) is 144 Å².